The lowest BCUT2D eigenvalue weighted by molar-refractivity contribution is -0.385. The molecule has 0 saturated carbocycles. The number of benzene rings is 3. The first kappa shape index (κ1) is 27.5. The van der Waals surface area contributed by atoms with Crippen LogP contribution in [0.4, 0.5) is 15.8 Å². The van der Waals surface area contributed by atoms with Gasteiger partial charge in [0.25, 0.3) is 11.6 Å². The van der Waals surface area contributed by atoms with Crippen molar-refractivity contribution >= 4 is 35.0 Å². The van der Waals surface area contributed by atoms with Crippen molar-refractivity contribution < 1.29 is 18.9 Å². The Morgan fingerprint density at radius 2 is 1.72 bits per heavy atom. The number of halogens is 1. The fraction of sp³-hybridized carbons (Fsp3) is 0.185. The van der Waals surface area contributed by atoms with Gasteiger partial charge in [0.15, 0.2) is 11.0 Å². The first-order valence-electron chi connectivity index (χ1n) is 11.9. The summed E-state index contributed by atoms with van der Waals surface area (Å²) in [6, 6.07) is 15.6. The average Bonchev–Trinajstić information content (AvgIpc) is 3.31. The van der Waals surface area contributed by atoms with Crippen molar-refractivity contribution in [3.8, 4) is 5.69 Å². The molecule has 0 atom stereocenters. The number of nitro groups is 1. The first-order valence-corrected chi connectivity index (χ1v) is 12.8. The minimum Gasteiger partial charge on any atom is -0.345 e. The highest BCUT2D eigenvalue weighted by atomic mass is 32.2. The summed E-state index contributed by atoms with van der Waals surface area (Å²) in [5, 5.41) is 25.6. The van der Waals surface area contributed by atoms with Crippen molar-refractivity contribution in [1.29, 1.82) is 0 Å². The zero-order valence-corrected chi connectivity index (χ0v) is 22.2. The predicted octanol–water partition coefficient (Wildman–Crippen LogP) is 4.90. The number of hydrogen-bond acceptors (Lipinski definition) is 7. The molecular formula is C27H25FN6O4S. The highest BCUT2D eigenvalue weighted by molar-refractivity contribution is 7.99. The Morgan fingerprint density at radius 1 is 1.00 bits per heavy atom. The summed E-state index contributed by atoms with van der Waals surface area (Å²) in [5.74, 6) is -0.836. The van der Waals surface area contributed by atoms with Crippen LogP contribution in [0.5, 0.6) is 0 Å². The fourth-order valence-electron chi connectivity index (χ4n) is 3.75. The van der Waals surface area contributed by atoms with E-state index in [9.17, 15) is 24.1 Å². The van der Waals surface area contributed by atoms with Gasteiger partial charge in [-0.15, -0.1) is 10.2 Å². The monoisotopic (exact) mass is 548 g/mol. The van der Waals surface area contributed by atoms with E-state index < -0.39 is 16.6 Å². The minimum absolute atomic E-state index is 0.0338. The van der Waals surface area contributed by atoms with E-state index in [0.29, 0.717) is 22.2 Å². The second-order valence-corrected chi connectivity index (χ2v) is 9.75. The second-order valence-electron chi connectivity index (χ2n) is 8.81. The fourth-order valence-corrected chi connectivity index (χ4v) is 4.52. The van der Waals surface area contributed by atoms with Crippen LogP contribution < -0.4 is 10.6 Å². The molecule has 0 aliphatic rings. The summed E-state index contributed by atoms with van der Waals surface area (Å²) in [6.45, 7) is 5.37. The number of hydrogen-bond donors (Lipinski definition) is 2. The number of nitrogens with zero attached hydrogens (tertiary/aromatic N) is 4. The van der Waals surface area contributed by atoms with E-state index in [1.807, 2.05) is 32.0 Å². The molecule has 12 heteroatoms. The maximum atomic E-state index is 13.6. The lowest BCUT2D eigenvalue weighted by Gasteiger charge is -2.12. The Hall–Kier alpha value is -4.58. The average molecular weight is 549 g/mol. The van der Waals surface area contributed by atoms with E-state index in [2.05, 4.69) is 20.8 Å². The second kappa shape index (κ2) is 11.9. The van der Waals surface area contributed by atoms with Gasteiger partial charge in [-0.25, -0.2) is 4.39 Å². The Kier molecular flexibility index (Phi) is 8.35. The maximum Gasteiger partial charge on any atom is 0.273 e. The van der Waals surface area contributed by atoms with Crippen LogP contribution in [-0.4, -0.2) is 37.3 Å². The Balaban J connectivity index is 1.52. The molecule has 4 rings (SSSR count). The number of amides is 2. The Morgan fingerprint density at radius 3 is 2.44 bits per heavy atom. The molecule has 2 N–H and O–H groups in total. The largest absolute Gasteiger partial charge is 0.345 e. The van der Waals surface area contributed by atoms with E-state index in [0.717, 1.165) is 28.6 Å². The SMILES string of the molecule is Cc1ccc(C)c(NC(=O)CSc2nnc(CNC(=O)c3ccc(C)c([N+](=O)[O-])c3)n2-c2ccc(F)cc2)c1. The first-order chi connectivity index (χ1) is 18.6. The summed E-state index contributed by atoms with van der Waals surface area (Å²) in [5.41, 5.74) is 3.62. The summed E-state index contributed by atoms with van der Waals surface area (Å²) >= 11 is 1.14. The van der Waals surface area contributed by atoms with E-state index in [1.54, 1.807) is 11.5 Å². The molecule has 0 radical (unpaired) electrons. The maximum absolute atomic E-state index is 13.6. The van der Waals surface area contributed by atoms with E-state index in [1.165, 1.54) is 42.5 Å². The third-order valence-corrected chi connectivity index (χ3v) is 6.79. The molecule has 0 fully saturated rings. The minimum atomic E-state index is -0.544. The van der Waals surface area contributed by atoms with Crippen LogP contribution in [0.25, 0.3) is 5.69 Å². The third-order valence-electron chi connectivity index (χ3n) is 5.86. The van der Waals surface area contributed by atoms with Crippen LogP contribution in [0.3, 0.4) is 0 Å². The normalized spacial score (nSPS) is 10.8. The van der Waals surface area contributed by atoms with Crippen LogP contribution in [0.15, 0.2) is 65.8 Å². The highest BCUT2D eigenvalue weighted by Gasteiger charge is 2.19. The third kappa shape index (κ3) is 6.65. The van der Waals surface area contributed by atoms with Gasteiger partial charge in [0, 0.05) is 28.6 Å². The topological polar surface area (TPSA) is 132 Å². The lowest BCUT2D eigenvalue weighted by Crippen LogP contribution is -2.25. The number of carbonyl (C=O) groups excluding carboxylic acids is 2. The number of rotatable bonds is 9. The number of aryl methyl sites for hydroxylation is 3. The summed E-state index contributed by atoms with van der Waals surface area (Å²) in [6.07, 6.45) is 0. The van der Waals surface area contributed by atoms with Crippen molar-refractivity contribution in [2.45, 2.75) is 32.5 Å². The van der Waals surface area contributed by atoms with Crippen molar-refractivity contribution in [3.05, 3.63) is 105 Å². The van der Waals surface area contributed by atoms with E-state index >= 15 is 0 Å². The molecule has 10 nitrogen and oxygen atoms in total. The van der Waals surface area contributed by atoms with Crippen molar-refractivity contribution in [2.24, 2.45) is 0 Å². The molecular weight excluding hydrogens is 523 g/mol. The molecule has 0 saturated heterocycles. The van der Waals surface area contributed by atoms with Gasteiger partial charge in [-0.1, -0.05) is 30.0 Å². The van der Waals surface area contributed by atoms with Gasteiger partial charge in [-0.2, -0.15) is 0 Å². The predicted molar refractivity (Wildman–Crippen MR) is 146 cm³/mol. The molecule has 1 heterocycles. The molecule has 0 bridgehead atoms. The van der Waals surface area contributed by atoms with Crippen LogP contribution in [-0.2, 0) is 11.3 Å². The molecule has 0 unspecified atom stereocenters. The molecule has 1 aromatic heterocycles. The zero-order chi connectivity index (χ0) is 28.1. The Labute approximate surface area is 227 Å². The van der Waals surface area contributed by atoms with Crippen LogP contribution >= 0.6 is 11.8 Å². The van der Waals surface area contributed by atoms with Gasteiger partial charge in [-0.3, -0.25) is 24.3 Å². The molecule has 0 aliphatic heterocycles. The standard InChI is InChI=1S/C27H25FN6O4S/c1-16-4-5-17(2)22(12-16)30-25(35)15-39-27-32-31-24(33(27)21-10-8-20(28)9-11-21)14-29-26(36)19-7-6-18(3)23(13-19)34(37)38/h4-13H,14-15H2,1-3H3,(H,29,36)(H,30,35). The summed E-state index contributed by atoms with van der Waals surface area (Å²) in [7, 11) is 0. The van der Waals surface area contributed by atoms with Crippen LogP contribution in [0.1, 0.15) is 32.9 Å². The highest BCUT2D eigenvalue weighted by Crippen LogP contribution is 2.24. The summed E-state index contributed by atoms with van der Waals surface area (Å²) < 4.78 is 15.2. The smallest absolute Gasteiger partial charge is 0.273 e. The Bertz CT molecular complexity index is 1550. The van der Waals surface area contributed by atoms with Crippen molar-refractivity contribution in [3.63, 3.8) is 0 Å². The zero-order valence-electron chi connectivity index (χ0n) is 21.4. The quantitative estimate of drug-likeness (QED) is 0.173. The lowest BCUT2D eigenvalue weighted by atomic mass is 10.1. The van der Waals surface area contributed by atoms with Crippen molar-refractivity contribution in [1.82, 2.24) is 20.1 Å². The molecule has 2 amide bonds. The molecule has 0 spiro atoms. The van der Waals surface area contributed by atoms with E-state index in [4.69, 9.17) is 0 Å². The number of thioether (sulfide) groups is 1. The molecule has 200 valence electrons. The van der Waals surface area contributed by atoms with Crippen LogP contribution in [0, 0.1) is 36.7 Å². The molecule has 0 aliphatic carbocycles. The number of aromatic nitrogens is 3. The summed E-state index contributed by atoms with van der Waals surface area (Å²) in [4.78, 5) is 36.1. The van der Waals surface area contributed by atoms with Crippen LogP contribution in [0.2, 0.25) is 0 Å². The van der Waals surface area contributed by atoms with Gasteiger partial charge in [0.1, 0.15) is 5.82 Å². The van der Waals surface area contributed by atoms with Gasteiger partial charge in [-0.05, 0) is 68.3 Å². The molecule has 39 heavy (non-hydrogen) atoms. The molecule has 4 aromatic rings. The van der Waals surface area contributed by atoms with Gasteiger partial charge >= 0.3 is 0 Å². The number of nitrogens with one attached hydrogen (secondary N) is 2. The van der Waals surface area contributed by atoms with Gasteiger partial charge in [0.2, 0.25) is 5.91 Å². The number of nitro benzene ring substituents is 1. The van der Waals surface area contributed by atoms with Crippen molar-refractivity contribution in [2.75, 3.05) is 11.1 Å². The number of carbonyl (C=O) groups is 2. The van der Waals surface area contributed by atoms with Gasteiger partial charge in [0.05, 0.1) is 17.2 Å². The van der Waals surface area contributed by atoms with E-state index in [-0.39, 0.29) is 29.5 Å². The van der Waals surface area contributed by atoms with Gasteiger partial charge < -0.3 is 10.6 Å². The molecule has 3 aromatic carbocycles. The number of anilines is 1.